The molecule has 4 rings (SSSR count). The number of carbonyl (C=O) groups is 3. The van der Waals surface area contributed by atoms with E-state index in [2.05, 4.69) is 4.90 Å². The lowest BCUT2D eigenvalue weighted by molar-refractivity contribution is -0.129. The number of nitrogens with zero attached hydrogens (tertiary/aromatic N) is 2. The fourth-order valence-corrected chi connectivity index (χ4v) is 4.21. The normalized spacial score (nSPS) is 19.2. The number of ether oxygens (including phenoxy) is 2. The van der Waals surface area contributed by atoms with E-state index in [-0.39, 0.29) is 11.3 Å². The molecule has 1 aromatic carbocycles. The number of methoxy groups -OCH3 is 1. The zero-order valence-electron chi connectivity index (χ0n) is 18.4. The van der Waals surface area contributed by atoms with Gasteiger partial charge in [0.1, 0.15) is 0 Å². The van der Waals surface area contributed by atoms with Crippen molar-refractivity contribution in [2.75, 3.05) is 46.5 Å². The van der Waals surface area contributed by atoms with E-state index >= 15 is 0 Å². The monoisotopic (exact) mass is 454 g/mol. The molecule has 1 N–H and O–H groups in total. The van der Waals surface area contributed by atoms with Gasteiger partial charge in [0.2, 0.25) is 5.78 Å². The molecular formula is C24H26N2O7. The predicted octanol–water partition coefficient (Wildman–Crippen LogP) is 2.37. The van der Waals surface area contributed by atoms with Gasteiger partial charge in [-0.05, 0) is 36.2 Å². The van der Waals surface area contributed by atoms with Gasteiger partial charge in [-0.15, -0.1) is 0 Å². The van der Waals surface area contributed by atoms with Crippen LogP contribution in [-0.4, -0.2) is 79.1 Å². The molecule has 3 heterocycles. The van der Waals surface area contributed by atoms with E-state index in [1.165, 1.54) is 24.3 Å². The van der Waals surface area contributed by atoms with Crippen LogP contribution in [0.15, 0.2) is 58.4 Å². The Morgan fingerprint density at radius 2 is 1.85 bits per heavy atom. The van der Waals surface area contributed by atoms with Gasteiger partial charge in [0.05, 0.1) is 43.8 Å². The number of Topliss-reactive ketones (excluding diaryl/α,β-unsaturated/α-hetero) is 1. The maximum atomic E-state index is 13.1. The molecule has 0 saturated carbocycles. The van der Waals surface area contributed by atoms with Crippen LogP contribution < -0.4 is 0 Å². The van der Waals surface area contributed by atoms with Gasteiger partial charge >= 0.3 is 5.97 Å². The van der Waals surface area contributed by atoms with Gasteiger partial charge in [0.25, 0.3) is 5.91 Å². The molecule has 9 nitrogen and oxygen atoms in total. The highest BCUT2D eigenvalue weighted by molar-refractivity contribution is 6.15. The zero-order chi connectivity index (χ0) is 23.4. The number of rotatable bonds is 8. The Morgan fingerprint density at radius 1 is 1.12 bits per heavy atom. The van der Waals surface area contributed by atoms with Gasteiger partial charge < -0.3 is 23.9 Å². The highest BCUT2D eigenvalue weighted by Gasteiger charge is 2.44. The molecule has 0 spiro atoms. The molecule has 0 bridgehead atoms. The largest absolute Gasteiger partial charge is 0.503 e. The van der Waals surface area contributed by atoms with Crippen LogP contribution in [0, 0.1) is 0 Å². The number of hydrogen-bond donors (Lipinski definition) is 1. The van der Waals surface area contributed by atoms with Crippen molar-refractivity contribution in [3.05, 3.63) is 70.9 Å². The lowest BCUT2D eigenvalue weighted by Crippen LogP contribution is -2.39. The second kappa shape index (κ2) is 10.0. The molecule has 1 aromatic heterocycles. The number of aliphatic hydroxyl groups is 1. The van der Waals surface area contributed by atoms with Crippen molar-refractivity contribution >= 4 is 17.7 Å². The Labute approximate surface area is 191 Å². The average molecular weight is 454 g/mol. The summed E-state index contributed by atoms with van der Waals surface area (Å²) in [4.78, 5) is 41.7. The Kier molecular flexibility index (Phi) is 6.90. The lowest BCUT2D eigenvalue weighted by atomic mass is 9.94. The molecule has 1 unspecified atom stereocenters. The molecule has 2 aliphatic rings. The number of morpholine rings is 1. The van der Waals surface area contributed by atoms with Crippen LogP contribution in [0.5, 0.6) is 0 Å². The van der Waals surface area contributed by atoms with Crippen LogP contribution >= 0.6 is 0 Å². The number of aliphatic hydroxyl groups excluding tert-OH is 1. The summed E-state index contributed by atoms with van der Waals surface area (Å²) < 4.78 is 15.3. The third-order valence-corrected chi connectivity index (χ3v) is 5.92. The molecule has 1 amide bonds. The Morgan fingerprint density at radius 3 is 2.48 bits per heavy atom. The Hall–Kier alpha value is -3.43. The van der Waals surface area contributed by atoms with Gasteiger partial charge in [-0.2, -0.15) is 0 Å². The van der Waals surface area contributed by atoms with Crippen LogP contribution in [0.3, 0.4) is 0 Å². The quantitative estimate of drug-likeness (QED) is 0.478. The van der Waals surface area contributed by atoms with E-state index in [1.807, 2.05) is 0 Å². The minimum Gasteiger partial charge on any atom is -0.503 e. The van der Waals surface area contributed by atoms with Crippen molar-refractivity contribution in [2.24, 2.45) is 0 Å². The van der Waals surface area contributed by atoms with E-state index in [0.717, 1.165) is 19.6 Å². The van der Waals surface area contributed by atoms with E-state index in [1.54, 1.807) is 30.3 Å². The predicted molar refractivity (Wildman–Crippen MR) is 117 cm³/mol. The van der Waals surface area contributed by atoms with Crippen LogP contribution in [0.2, 0.25) is 0 Å². The van der Waals surface area contributed by atoms with Crippen molar-refractivity contribution in [3.63, 3.8) is 0 Å². The van der Waals surface area contributed by atoms with Crippen molar-refractivity contribution in [1.82, 2.24) is 9.80 Å². The average Bonchev–Trinajstić information content (AvgIpc) is 3.47. The highest BCUT2D eigenvalue weighted by atomic mass is 16.5. The topological polar surface area (TPSA) is 110 Å². The van der Waals surface area contributed by atoms with Gasteiger partial charge in [-0.3, -0.25) is 14.5 Å². The van der Waals surface area contributed by atoms with Crippen molar-refractivity contribution in [1.29, 1.82) is 0 Å². The summed E-state index contributed by atoms with van der Waals surface area (Å²) in [5, 5.41) is 10.7. The Balaban J connectivity index is 1.61. The van der Waals surface area contributed by atoms with Gasteiger partial charge in [0.15, 0.2) is 11.5 Å². The second-order valence-electron chi connectivity index (χ2n) is 7.89. The number of furan rings is 1. The van der Waals surface area contributed by atoms with E-state index in [4.69, 9.17) is 13.9 Å². The summed E-state index contributed by atoms with van der Waals surface area (Å²) >= 11 is 0. The van der Waals surface area contributed by atoms with Crippen LogP contribution in [-0.2, 0) is 14.3 Å². The molecule has 1 fully saturated rings. The zero-order valence-corrected chi connectivity index (χ0v) is 18.4. The molecule has 1 atom stereocenters. The molecule has 9 heteroatoms. The third kappa shape index (κ3) is 4.69. The Bertz CT molecular complexity index is 1040. The first-order chi connectivity index (χ1) is 16.0. The van der Waals surface area contributed by atoms with E-state index in [0.29, 0.717) is 37.3 Å². The number of hydrogen-bond acceptors (Lipinski definition) is 8. The first kappa shape index (κ1) is 22.8. The highest BCUT2D eigenvalue weighted by Crippen LogP contribution is 2.39. The molecule has 2 aromatic rings. The molecular weight excluding hydrogens is 428 g/mol. The minimum atomic E-state index is -0.800. The summed E-state index contributed by atoms with van der Waals surface area (Å²) in [5.74, 6) is -2.19. The molecule has 0 radical (unpaired) electrons. The fraction of sp³-hybridized carbons (Fsp3) is 0.375. The first-order valence-electron chi connectivity index (χ1n) is 10.8. The summed E-state index contributed by atoms with van der Waals surface area (Å²) in [6.45, 7) is 4.14. The van der Waals surface area contributed by atoms with Gasteiger partial charge in [0, 0.05) is 26.2 Å². The van der Waals surface area contributed by atoms with Crippen molar-refractivity contribution in [3.8, 4) is 0 Å². The number of amides is 1. The number of esters is 1. The molecule has 33 heavy (non-hydrogen) atoms. The fourth-order valence-electron chi connectivity index (χ4n) is 4.21. The smallest absolute Gasteiger partial charge is 0.337 e. The van der Waals surface area contributed by atoms with Gasteiger partial charge in [-0.25, -0.2) is 4.79 Å². The van der Waals surface area contributed by atoms with Crippen molar-refractivity contribution in [2.45, 2.75) is 12.5 Å². The van der Waals surface area contributed by atoms with Crippen LogP contribution in [0.4, 0.5) is 0 Å². The number of carbonyl (C=O) groups excluding carboxylic acids is 3. The second-order valence-corrected chi connectivity index (χ2v) is 7.89. The van der Waals surface area contributed by atoms with E-state index < -0.39 is 29.5 Å². The maximum absolute atomic E-state index is 13.1. The summed E-state index contributed by atoms with van der Waals surface area (Å²) in [5.41, 5.74) is 0.907. The molecule has 2 aliphatic heterocycles. The summed E-state index contributed by atoms with van der Waals surface area (Å²) in [6, 6.07) is 8.73. The standard InChI is InChI=1S/C24H26N2O7/c1-31-24(30)17-7-5-16(6-8-17)20-19(21(27)18-4-2-13-33-18)22(28)23(29)26(20)10-3-9-25-11-14-32-15-12-25/h2,4-8,13,20,28H,3,9-12,14-15H2,1H3. The maximum Gasteiger partial charge on any atom is 0.337 e. The van der Waals surface area contributed by atoms with Crippen LogP contribution in [0.1, 0.15) is 38.9 Å². The summed E-state index contributed by atoms with van der Waals surface area (Å²) in [7, 11) is 1.29. The summed E-state index contributed by atoms with van der Waals surface area (Å²) in [6.07, 6.45) is 2.03. The molecule has 174 valence electrons. The molecule has 0 aliphatic carbocycles. The third-order valence-electron chi connectivity index (χ3n) is 5.92. The first-order valence-corrected chi connectivity index (χ1v) is 10.8. The minimum absolute atomic E-state index is 0.0351. The SMILES string of the molecule is COC(=O)c1ccc(C2C(C(=O)c3ccco3)=C(O)C(=O)N2CCCN2CCOCC2)cc1. The lowest BCUT2D eigenvalue weighted by Gasteiger charge is -2.30. The number of benzene rings is 1. The van der Waals surface area contributed by atoms with Gasteiger partial charge in [-0.1, -0.05) is 12.1 Å². The van der Waals surface area contributed by atoms with Crippen LogP contribution in [0.25, 0.3) is 0 Å². The van der Waals surface area contributed by atoms with E-state index in [9.17, 15) is 19.5 Å². The molecule has 1 saturated heterocycles. The van der Waals surface area contributed by atoms with Crippen molar-refractivity contribution < 1.29 is 33.4 Å². The number of ketones is 1.